The molecule has 110 valence electrons. The topological polar surface area (TPSA) is 58.6 Å². The highest BCUT2D eigenvalue weighted by atomic mass is 32.3. The van der Waals surface area contributed by atoms with Crippen LogP contribution in [0.5, 0.6) is 5.75 Å². The van der Waals surface area contributed by atoms with Crippen molar-refractivity contribution in [3.8, 4) is 5.75 Å². The predicted octanol–water partition coefficient (Wildman–Crippen LogP) is 3.18. The molecule has 0 spiro atoms. The summed E-state index contributed by atoms with van der Waals surface area (Å²) in [7, 11) is -2.29. The molecule has 0 aliphatic carbocycles. The van der Waals surface area contributed by atoms with E-state index in [2.05, 4.69) is 25.5 Å². The summed E-state index contributed by atoms with van der Waals surface area (Å²) < 4.78 is 30.1. The van der Waals surface area contributed by atoms with Gasteiger partial charge in [0, 0.05) is 12.5 Å². The summed E-state index contributed by atoms with van der Waals surface area (Å²) in [5.41, 5.74) is 2.54. The quantitative estimate of drug-likeness (QED) is 0.897. The maximum absolute atomic E-state index is 12.1. The van der Waals surface area contributed by atoms with Gasteiger partial charge < -0.3 is 4.74 Å². The van der Waals surface area contributed by atoms with E-state index in [1.54, 1.807) is 7.11 Å². The number of rotatable bonds is 3. The molecule has 0 saturated carbocycles. The van der Waals surface area contributed by atoms with Crippen LogP contribution in [0.25, 0.3) is 0 Å². The van der Waals surface area contributed by atoms with Crippen molar-refractivity contribution in [2.24, 2.45) is 0 Å². The second-order valence-electron chi connectivity index (χ2n) is 6.49. The molecule has 0 atom stereocenters. The van der Waals surface area contributed by atoms with Crippen LogP contribution in [0, 0.1) is 6.92 Å². The van der Waals surface area contributed by atoms with Gasteiger partial charge in [-0.1, -0.05) is 26.8 Å². The molecule has 0 amide bonds. The van der Waals surface area contributed by atoms with E-state index in [1.165, 1.54) is 12.5 Å². The van der Waals surface area contributed by atoms with Crippen LogP contribution in [0.15, 0.2) is 12.1 Å². The molecule has 1 rings (SSSR count). The van der Waals surface area contributed by atoms with Crippen LogP contribution in [-0.4, -0.2) is 28.4 Å². The Morgan fingerprint density at radius 2 is 1.79 bits per heavy atom. The van der Waals surface area contributed by atoms with Crippen molar-refractivity contribution in [2.45, 2.75) is 33.1 Å². The van der Waals surface area contributed by atoms with Crippen molar-refractivity contribution in [3.63, 3.8) is 0 Å². The Balaban J connectivity index is 3.44. The average Bonchev–Trinajstić information content (AvgIpc) is 2.11. The Morgan fingerprint density at radius 1 is 1.26 bits per heavy atom. The third-order valence-corrected chi connectivity index (χ3v) is 3.55. The highest BCUT2D eigenvalue weighted by Crippen LogP contribution is 2.36. The van der Waals surface area contributed by atoms with E-state index < -0.39 is 9.53 Å². The van der Waals surface area contributed by atoms with Gasteiger partial charge in [-0.25, -0.2) is 0 Å². The van der Waals surface area contributed by atoms with Gasteiger partial charge in [0.2, 0.25) is 0 Å². The summed E-state index contributed by atoms with van der Waals surface area (Å²) in [5, 5.41) is 0. The van der Waals surface area contributed by atoms with E-state index in [0.29, 0.717) is 11.4 Å². The van der Waals surface area contributed by atoms with Gasteiger partial charge in [0.15, 0.2) is 0 Å². The van der Waals surface area contributed by atoms with Crippen molar-refractivity contribution in [1.29, 1.82) is 0 Å². The summed E-state index contributed by atoms with van der Waals surface area (Å²) >= 11 is 0. The Hall–Kier alpha value is -1.07. The highest BCUT2D eigenvalue weighted by molar-refractivity contribution is 8.15. The largest absolute Gasteiger partial charge is 0.494 e. The van der Waals surface area contributed by atoms with Crippen LogP contribution in [-0.2, 0) is 14.9 Å². The lowest BCUT2D eigenvalue weighted by Crippen LogP contribution is -2.37. The molecule has 0 aliphatic heterocycles. The molecule has 0 aromatic heterocycles. The lowest BCUT2D eigenvalue weighted by atomic mass is 9.86. The number of benzene rings is 1. The summed E-state index contributed by atoms with van der Waals surface area (Å²) in [5.74, 6) is 0.601. The van der Waals surface area contributed by atoms with Crippen LogP contribution in [0.4, 0.5) is 5.69 Å². The van der Waals surface area contributed by atoms with Gasteiger partial charge in [-0.15, -0.1) is 9.53 Å². The second kappa shape index (κ2) is 4.49. The first-order valence-electron chi connectivity index (χ1n) is 6.14. The van der Waals surface area contributed by atoms with E-state index in [4.69, 9.17) is 4.74 Å². The Bertz CT molecular complexity index is 542. The zero-order valence-corrected chi connectivity index (χ0v) is 13.6. The van der Waals surface area contributed by atoms with Gasteiger partial charge in [-0.05, 0) is 29.5 Å². The Morgan fingerprint density at radius 3 is 2.16 bits per heavy atom. The maximum atomic E-state index is 12.1. The third-order valence-electron chi connectivity index (χ3n) is 2.75. The minimum Gasteiger partial charge on any atom is -0.494 e. The van der Waals surface area contributed by atoms with Crippen molar-refractivity contribution in [3.05, 3.63) is 23.3 Å². The molecule has 0 aliphatic rings. The minimum absolute atomic E-state index is 0.0404. The average molecular weight is 287 g/mol. The molecule has 0 bridgehead atoms. The Labute approximate surface area is 115 Å². The molecule has 1 aromatic carbocycles. The zero-order valence-electron chi connectivity index (χ0n) is 12.8. The Kier molecular flexibility index (Phi) is 3.78. The molecule has 0 saturated heterocycles. The first-order valence-corrected chi connectivity index (χ1v) is 8.88. The number of nitrogens with one attached hydrogen (secondary N) is 1. The highest BCUT2D eigenvalue weighted by Gasteiger charge is 2.21. The zero-order chi connectivity index (χ0) is 15.1. The summed E-state index contributed by atoms with van der Waals surface area (Å²) in [6.45, 7) is 8.23. The van der Waals surface area contributed by atoms with Gasteiger partial charge in [0.25, 0.3) is 0 Å². The van der Waals surface area contributed by atoms with Crippen LogP contribution in [0.2, 0.25) is 0 Å². The number of hydrogen-bond donors (Lipinski definition) is 2. The van der Waals surface area contributed by atoms with Gasteiger partial charge in [-0.3, -0.25) is 9.27 Å². The standard InChI is InChI=1S/C14H25NO3S/c1-10-8-11(14(2,3)4)9-12(13(10)18-5)15-19(6,7,16)17/h8-9H,1-7H3,(H2,15,16,17). The lowest BCUT2D eigenvalue weighted by molar-refractivity contribution is 0.413. The fraction of sp³-hybridized carbons (Fsp3) is 0.571. The summed E-state index contributed by atoms with van der Waals surface area (Å²) in [6.07, 6.45) is 2.57. The predicted molar refractivity (Wildman–Crippen MR) is 82.7 cm³/mol. The van der Waals surface area contributed by atoms with E-state index in [0.717, 1.165) is 11.1 Å². The number of hydrogen-bond acceptors (Lipinski definition) is 2. The first kappa shape index (κ1) is 16.0. The number of anilines is 1. The fourth-order valence-corrected chi connectivity index (χ4v) is 2.65. The van der Waals surface area contributed by atoms with E-state index in [-0.39, 0.29) is 5.41 Å². The normalized spacial score (nSPS) is 14.6. The first-order chi connectivity index (χ1) is 8.29. The number of ether oxygens (including phenoxy) is 1. The molecular weight excluding hydrogens is 262 g/mol. The fourth-order valence-electron chi connectivity index (χ4n) is 1.87. The minimum atomic E-state index is -3.85. The van der Waals surface area contributed by atoms with Gasteiger partial charge >= 0.3 is 0 Å². The molecule has 0 fully saturated rings. The summed E-state index contributed by atoms with van der Waals surface area (Å²) in [6, 6.07) is 3.92. The van der Waals surface area contributed by atoms with Crippen molar-refractivity contribution >= 4 is 15.2 Å². The van der Waals surface area contributed by atoms with Crippen LogP contribution in [0.3, 0.4) is 0 Å². The van der Waals surface area contributed by atoms with Crippen molar-refractivity contribution in [2.75, 3.05) is 24.3 Å². The molecular formula is C14H25NO3S. The monoisotopic (exact) mass is 287 g/mol. The van der Waals surface area contributed by atoms with Gasteiger partial charge in [-0.2, -0.15) is 4.21 Å². The SMILES string of the molecule is COc1c(C)cc(C(C)(C)C)cc1NS(C)(C)(=O)O. The summed E-state index contributed by atoms with van der Waals surface area (Å²) in [4.78, 5) is 0. The molecule has 4 nitrogen and oxygen atoms in total. The van der Waals surface area contributed by atoms with Crippen LogP contribution < -0.4 is 9.46 Å². The van der Waals surface area contributed by atoms with Crippen LogP contribution >= 0.6 is 0 Å². The molecule has 0 unspecified atom stereocenters. The second-order valence-corrected chi connectivity index (χ2v) is 10.2. The molecule has 2 N–H and O–H groups in total. The van der Waals surface area contributed by atoms with Gasteiger partial charge in [0.1, 0.15) is 5.75 Å². The molecule has 19 heavy (non-hydrogen) atoms. The van der Waals surface area contributed by atoms with E-state index in [1.807, 2.05) is 19.1 Å². The maximum Gasteiger partial charge on any atom is 0.146 e. The van der Waals surface area contributed by atoms with Crippen molar-refractivity contribution < 1.29 is 13.5 Å². The smallest absolute Gasteiger partial charge is 0.146 e. The van der Waals surface area contributed by atoms with E-state index >= 15 is 0 Å². The molecule has 5 heteroatoms. The van der Waals surface area contributed by atoms with Crippen molar-refractivity contribution in [1.82, 2.24) is 0 Å². The number of methoxy groups -OCH3 is 1. The molecule has 0 radical (unpaired) electrons. The number of aryl methyl sites for hydroxylation is 1. The lowest BCUT2D eigenvalue weighted by Gasteiger charge is -2.37. The van der Waals surface area contributed by atoms with E-state index in [9.17, 15) is 8.76 Å². The third kappa shape index (κ3) is 4.51. The molecule has 0 heterocycles. The van der Waals surface area contributed by atoms with Gasteiger partial charge in [0.05, 0.1) is 12.8 Å². The van der Waals surface area contributed by atoms with Crippen LogP contribution in [0.1, 0.15) is 31.9 Å². The molecule has 1 aromatic rings.